The molecule has 6 aromatic rings. The van der Waals surface area contributed by atoms with Crippen LogP contribution in [-0.4, -0.2) is 37.0 Å². The van der Waals surface area contributed by atoms with Crippen molar-refractivity contribution in [2.45, 2.75) is 33.6 Å². The van der Waals surface area contributed by atoms with E-state index in [9.17, 15) is 14.0 Å². The van der Waals surface area contributed by atoms with Gasteiger partial charge in [-0.25, -0.2) is 4.39 Å². The van der Waals surface area contributed by atoms with E-state index in [1.807, 2.05) is 45.0 Å². The SMILES string of the molecule is CCc1c(-c2n[nH]c3ccc(-c4cncc(NC(=O)CC(C)C)c4)cc23)[nH]c2cncc(NC(=O)c3cccc(F)c3)c12. The van der Waals surface area contributed by atoms with Crippen molar-refractivity contribution in [2.24, 2.45) is 5.92 Å². The van der Waals surface area contributed by atoms with Crippen molar-refractivity contribution in [1.82, 2.24) is 25.1 Å². The molecule has 43 heavy (non-hydrogen) atoms. The fourth-order valence-corrected chi connectivity index (χ4v) is 5.32. The van der Waals surface area contributed by atoms with Crippen LogP contribution in [0.3, 0.4) is 0 Å². The molecular weight excluding hydrogens is 545 g/mol. The summed E-state index contributed by atoms with van der Waals surface area (Å²) in [7, 11) is 0. The van der Waals surface area contributed by atoms with Gasteiger partial charge >= 0.3 is 0 Å². The Kier molecular flexibility index (Phi) is 7.41. The molecule has 0 atom stereocenters. The number of nitrogens with zero attached hydrogens (tertiary/aromatic N) is 3. The van der Waals surface area contributed by atoms with Gasteiger partial charge in [-0.3, -0.25) is 24.7 Å². The van der Waals surface area contributed by atoms with E-state index in [0.29, 0.717) is 24.2 Å². The third-order valence-electron chi connectivity index (χ3n) is 7.25. The van der Waals surface area contributed by atoms with Crippen LogP contribution >= 0.6 is 0 Å². The van der Waals surface area contributed by atoms with Crippen molar-refractivity contribution >= 4 is 45.0 Å². The van der Waals surface area contributed by atoms with Crippen LogP contribution in [0.4, 0.5) is 15.8 Å². The smallest absolute Gasteiger partial charge is 0.255 e. The molecule has 2 aromatic carbocycles. The van der Waals surface area contributed by atoms with Crippen molar-refractivity contribution in [1.29, 1.82) is 0 Å². The van der Waals surface area contributed by atoms with Crippen molar-refractivity contribution in [3.05, 3.63) is 90.3 Å². The van der Waals surface area contributed by atoms with E-state index >= 15 is 0 Å². The number of carbonyl (C=O) groups excluding carboxylic acids is 2. The van der Waals surface area contributed by atoms with Gasteiger partial charge in [0.1, 0.15) is 11.5 Å². The lowest BCUT2D eigenvalue weighted by Crippen LogP contribution is -2.13. The molecule has 0 saturated heterocycles. The lowest BCUT2D eigenvalue weighted by molar-refractivity contribution is -0.116. The first-order valence-corrected chi connectivity index (χ1v) is 14.1. The highest BCUT2D eigenvalue weighted by Crippen LogP contribution is 2.38. The van der Waals surface area contributed by atoms with Gasteiger partial charge in [-0.05, 0) is 59.9 Å². The largest absolute Gasteiger partial charge is 0.352 e. The predicted octanol–water partition coefficient (Wildman–Crippen LogP) is 7.11. The Morgan fingerprint density at radius 2 is 1.77 bits per heavy atom. The number of aromatic nitrogens is 5. The van der Waals surface area contributed by atoms with Crippen molar-refractivity contribution in [2.75, 3.05) is 10.6 Å². The average Bonchev–Trinajstić information content (AvgIpc) is 3.58. The topological polar surface area (TPSA) is 128 Å². The monoisotopic (exact) mass is 575 g/mol. The van der Waals surface area contributed by atoms with E-state index in [1.54, 1.807) is 30.9 Å². The van der Waals surface area contributed by atoms with E-state index in [1.165, 1.54) is 18.2 Å². The summed E-state index contributed by atoms with van der Waals surface area (Å²) in [5.41, 5.74) is 7.24. The molecule has 0 aliphatic rings. The Morgan fingerprint density at radius 3 is 2.56 bits per heavy atom. The molecule has 2 amide bonds. The molecule has 0 spiro atoms. The normalized spacial score (nSPS) is 11.4. The number of hydrogen-bond acceptors (Lipinski definition) is 5. The molecule has 216 valence electrons. The summed E-state index contributed by atoms with van der Waals surface area (Å²) in [6.07, 6.45) is 7.79. The molecule has 0 saturated carbocycles. The number of H-pyrrole nitrogens is 2. The molecule has 4 N–H and O–H groups in total. The minimum atomic E-state index is -0.481. The molecule has 4 aromatic heterocycles. The van der Waals surface area contributed by atoms with Gasteiger partial charge in [-0.1, -0.05) is 32.9 Å². The van der Waals surface area contributed by atoms with Gasteiger partial charge in [-0.2, -0.15) is 5.10 Å². The summed E-state index contributed by atoms with van der Waals surface area (Å²) in [4.78, 5) is 37.4. The first kappa shape index (κ1) is 27.8. The van der Waals surface area contributed by atoms with Crippen LogP contribution in [0.2, 0.25) is 0 Å². The van der Waals surface area contributed by atoms with Crippen LogP contribution in [0, 0.1) is 11.7 Å². The highest BCUT2D eigenvalue weighted by atomic mass is 19.1. The zero-order chi connectivity index (χ0) is 30.1. The summed E-state index contributed by atoms with van der Waals surface area (Å²) in [5, 5.41) is 15.3. The lowest BCUT2D eigenvalue weighted by Gasteiger charge is -2.09. The summed E-state index contributed by atoms with van der Waals surface area (Å²) < 4.78 is 13.7. The van der Waals surface area contributed by atoms with E-state index in [2.05, 4.69) is 35.8 Å². The molecule has 0 fully saturated rings. The van der Waals surface area contributed by atoms with Crippen LogP contribution in [0.1, 0.15) is 43.1 Å². The quantitative estimate of drug-likeness (QED) is 0.154. The summed E-state index contributed by atoms with van der Waals surface area (Å²) in [6, 6.07) is 13.5. The number of halogens is 1. The number of nitrogens with one attached hydrogen (secondary N) is 4. The number of carbonyl (C=O) groups is 2. The van der Waals surface area contributed by atoms with Gasteiger partial charge in [0.25, 0.3) is 5.91 Å². The minimum Gasteiger partial charge on any atom is -0.352 e. The lowest BCUT2D eigenvalue weighted by atomic mass is 10.0. The molecule has 9 nitrogen and oxygen atoms in total. The fourth-order valence-electron chi connectivity index (χ4n) is 5.32. The number of fused-ring (bicyclic) bond motifs is 2. The number of rotatable bonds is 8. The first-order chi connectivity index (χ1) is 20.8. The molecule has 0 bridgehead atoms. The Labute approximate surface area is 247 Å². The zero-order valence-corrected chi connectivity index (χ0v) is 24.0. The predicted molar refractivity (Wildman–Crippen MR) is 166 cm³/mol. The molecule has 0 aliphatic heterocycles. The van der Waals surface area contributed by atoms with Crippen molar-refractivity contribution in [3.63, 3.8) is 0 Å². The van der Waals surface area contributed by atoms with Crippen LogP contribution < -0.4 is 10.6 Å². The Morgan fingerprint density at radius 1 is 0.930 bits per heavy atom. The summed E-state index contributed by atoms with van der Waals surface area (Å²) >= 11 is 0. The van der Waals surface area contributed by atoms with Crippen LogP contribution in [0.15, 0.2) is 73.3 Å². The second kappa shape index (κ2) is 11.5. The number of pyridine rings is 2. The molecule has 0 unspecified atom stereocenters. The molecule has 4 heterocycles. The number of benzene rings is 2. The average molecular weight is 576 g/mol. The second-order valence-corrected chi connectivity index (χ2v) is 10.8. The number of aryl methyl sites for hydroxylation is 1. The third-order valence-corrected chi connectivity index (χ3v) is 7.25. The van der Waals surface area contributed by atoms with Gasteiger partial charge < -0.3 is 15.6 Å². The highest BCUT2D eigenvalue weighted by Gasteiger charge is 2.21. The summed E-state index contributed by atoms with van der Waals surface area (Å²) in [6.45, 7) is 6.04. The molecule has 6 rings (SSSR count). The Hall–Kier alpha value is -5.38. The Balaban J connectivity index is 1.38. The van der Waals surface area contributed by atoms with Crippen molar-refractivity contribution in [3.8, 4) is 22.5 Å². The third kappa shape index (κ3) is 5.59. The van der Waals surface area contributed by atoms with Crippen LogP contribution in [-0.2, 0) is 11.2 Å². The van der Waals surface area contributed by atoms with Crippen LogP contribution in [0.25, 0.3) is 44.3 Å². The maximum Gasteiger partial charge on any atom is 0.255 e. The summed E-state index contributed by atoms with van der Waals surface area (Å²) in [5.74, 6) is -0.698. The van der Waals surface area contributed by atoms with E-state index in [0.717, 1.165) is 49.9 Å². The zero-order valence-electron chi connectivity index (χ0n) is 24.0. The second-order valence-electron chi connectivity index (χ2n) is 10.8. The van der Waals surface area contributed by atoms with Gasteiger partial charge in [0.15, 0.2) is 0 Å². The van der Waals surface area contributed by atoms with E-state index in [-0.39, 0.29) is 17.4 Å². The number of aromatic amines is 2. The van der Waals surface area contributed by atoms with Gasteiger partial charge in [0.2, 0.25) is 5.91 Å². The minimum absolute atomic E-state index is 0.0478. The van der Waals surface area contributed by atoms with Crippen molar-refractivity contribution < 1.29 is 14.0 Å². The molecule has 10 heteroatoms. The van der Waals surface area contributed by atoms with Gasteiger partial charge in [0.05, 0.1) is 46.7 Å². The number of hydrogen-bond donors (Lipinski definition) is 4. The van der Waals surface area contributed by atoms with Gasteiger partial charge in [-0.15, -0.1) is 0 Å². The molecule has 0 radical (unpaired) electrons. The number of anilines is 2. The maximum absolute atomic E-state index is 13.7. The van der Waals surface area contributed by atoms with E-state index in [4.69, 9.17) is 0 Å². The number of amides is 2. The van der Waals surface area contributed by atoms with Crippen LogP contribution in [0.5, 0.6) is 0 Å². The maximum atomic E-state index is 13.7. The standard InChI is InChI=1S/C33H30FN7O2/c1-4-24-30-27(16-36-17-28(30)39-33(43)20-6-5-7-22(34)11-20)38-31(24)32-25-13-19(8-9-26(25)40-41-32)21-12-23(15-35-14-21)37-29(42)10-18(2)3/h5-9,11-18,38H,4,10H2,1-3H3,(H,37,42)(H,39,43)(H,40,41). The molecular formula is C33H30FN7O2. The highest BCUT2D eigenvalue weighted by molar-refractivity contribution is 6.11. The Bertz CT molecular complexity index is 1990. The molecule has 0 aliphatic carbocycles. The fraction of sp³-hybridized carbons (Fsp3) is 0.182. The first-order valence-electron chi connectivity index (χ1n) is 14.1. The van der Waals surface area contributed by atoms with Gasteiger partial charge in [0, 0.05) is 34.5 Å². The van der Waals surface area contributed by atoms with E-state index < -0.39 is 11.7 Å².